The molecule has 0 N–H and O–H groups in total. The number of carbonyl (C=O) groups excluding carboxylic acids is 2. The van der Waals surface area contributed by atoms with Crippen LogP contribution in [0.4, 0.5) is 0 Å². The number of nitrogens with zero attached hydrogens (tertiary/aromatic N) is 3. The highest BCUT2D eigenvalue weighted by atomic mass is 16.2. The molecule has 4 bridgehead atoms. The summed E-state index contributed by atoms with van der Waals surface area (Å²) in [5.41, 5.74) is 1.90. The smallest absolute Gasteiger partial charge is 0.295 e. The van der Waals surface area contributed by atoms with Gasteiger partial charge in [0.25, 0.3) is 11.7 Å². The Morgan fingerprint density at radius 3 is 2.04 bits per heavy atom. The average Bonchev–Trinajstić information content (AvgIpc) is 2.77. The van der Waals surface area contributed by atoms with Crippen molar-refractivity contribution < 1.29 is 9.59 Å². The Kier molecular flexibility index (Phi) is 3.59. The van der Waals surface area contributed by atoms with Crippen LogP contribution in [-0.4, -0.2) is 39.5 Å². The second kappa shape index (κ2) is 5.43. The minimum atomic E-state index is -0.394. The largest absolute Gasteiger partial charge is 0.335 e. The summed E-state index contributed by atoms with van der Waals surface area (Å²) >= 11 is 0. The van der Waals surface area contributed by atoms with Crippen molar-refractivity contribution in [3.63, 3.8) is 0 Å². The van der Waals surface area contributed by atoms with Gasteiger partial charge in [-0.15, -0.1) is 0 Å². The first-order valence-corrected chi connectivity index (χ1v) is 9.18. The van der Waals surface area contributed by atoms with Gasteiger partial charge >= 0.3 is 0 Å². The standard InChI is InChI=1S/C19H27N3O2/c1-10-16(11(2)22(4)20-10)18(23)19(24)21(3)17-14-6-12-5-13(8-14)9-15(17)7-12/h12-15,17H,5-9H2,1-4H3. The molecule has 0 radical (unpaired) electrons. The first kappa shape index (κ1) is 15.9. The number of ketones is 1. The second-order valence-corrected chi connectivity index (χ2v) is 8.34. The predicted octanol–water partition coefficient (Wildman–Crippen LogP) is 2.50. The average molecular weight is 329 g/mol. The van der Waals surface area contributed by atoms with Crippen LogP contribution in [0.5, 0.6) is 0 Å². The van der Waals surface area contributed by atoms with E-state index >= 15 is 0 Å². The fourth-order valence-electron chi connectivity index (χ4n) is 6.03. The molecule has 5 rings (SSSR count). The molecular formula is C19H27N3O2. The molecule has 4 aliphatic rings. The normalized spacial score (nSPS) is 33.8. The number of rotatable bonds is 3. The number of amides is 1. The second-order valence-electron chi connectivity index (χ2n) is 8.34. The third kappa shape index (κ3) is 2.24. The minimum absolute atomic E-state index is 0.256. The number of carbonyl (C=O) groups is 2. The first-order chi connectivity index (χ1) is 11.4. The van der Waals surface area contributed by atoms with Crippen LogP contribution in [-0.2, 0) is 11.8 Å². The van der Waals surface area contributed by atoms with Gasteiger partial charge in [-0.25, -0.2) is 0 Å². The van der Waals surface area contributed by atoms with Crippen LogP contribution in [0.1, 0.15) is 53.8 Å². The summed E-state index contributed by atoms with van der Waals surface area (Å²) in [5.74, 6) is 2.18. The molecule has 0 aliphatic heterocycles. The fourth-order valence-corrected chi connectivity index (χ4v) is 6.03. The maximum atomic E-state index is 12.9. The van der Waals surface area contributed by atoms with E-state index in [1.54, 1.807) is 16.5 Å². The van der Waals surface area contributed by atoms with E-state index in [4.69, 9.17) is 0 Å². The maximum Gasteiger partial charge on any atom is 0.295 e. The molecule has 0 spiro atoms. The summed E-state index contributed by atoms with van der Waals surface area (Å²) in [6.07, 6.45) is 6.37. The lowest BCUT2D eigenvalue weighted by Gasteiger charge is -2.56. The molecule has 24 heavy (non-hydrogen) atoms. The third-order valence-corrected chi connectivity index (χ3v) is 6.87. The fraction of sp³-hybridized carbons (Fsp3) is 0.737. The van der Waals surface area contributed by atoms with Gasteiger partial charge in [0.05, 0.1) is 11.3 Å². The van der Waals surface area contributed by atoms with Crippen LogP contribution in [0.3, 0.4) is 0 Å². The first-order valence-electron chi connectivity index (χ1n) is 9.18. The summed E-state index contributed by atoms with van der Waals surface area (Å²) < 4.78 is 1.68. The lowest BCUT2D eigenvalue weighted by molar-refractivity contribution is -0.136. The van der Waals surface area contributed by atoms with Crippen molar-refractivity contribution in [3.05, 3.63) is 17.0 Å². The van der Waals surface area contributed by atoms with E-state index in [2.05, 4.69) is 5.10 Å². The van der Waals surface area contributed by atoms with E-state index in [0.717, 1.165) is 17.5 Å². The number of likely N-dealkylation sites (N-methyl/N-ethyl adjacent to an activating group) is 1. The van der Waals surface area contributed by atoms with Gasteiger partial charge in [-0.2, -0.15) is 5.10 Å². The van der Waals surface area contributed by atoms with Crippen molar-refractivity contribution in [3.8, 4) is 0 Å². The van der Waals surface area contributed by atoms with Crippen LogP contribution in [0.25, 0.3) is 0 Å². The van der Waals surface area contributed by atoms with Crippen LogP contribution in [0.2, 0.25) is 0 Å². The minimum Gasteiger partial charge on any atom is -0.335 e. The van der Waals surface area contributed by atoms with Crippen molar-refractivity contribution in [2.24, 2.45) is 30.7 Å². The molecule has 1 aromatic rings. The highest BCUT2D eigenvalue weighted by Crippen LogP contribution is 2.55. The molecule has 4 saturated carbocycles. The summed E-state index contributed by atoms with van der Waals surface area (Å²) in [6, 6.07) is 0.256. The molecular weight excluding hydrogens is 302 g/mol. The molecule has 1 heterocycles. The van der Waals surface area contributed by atoms with Crippen molar-refractivity contribution in [2.75, 3.05) is 7.05 Å². The highest BCUT2D eigenvalue weighted by Gasteiger charge is 2.50. The van der Waals surface area contributed by atoms with Crippen molar-refractivity contribution >= 4 is 11.7 Å². The zero-order chi connectivity index (χ0) is 17.2. The number of Topliss-reactive ketones (excluding diaryl/α,β-unsaturated/α-hetero) is 1. The SMILES string of the molecule is Cc1nn(C)c(C)c1C(=O)C(=O)N(C)C1C2CC3CC(C2)CC1C3. The Morgan fingerprint density at radius 2 is 1.58 bits per heavy atom. The van der Waals surface area contributed by atoms with E-state index in [9.17, 15) is 9.59 Å². The molecule has 4 aliphatic carbocycles. The monoisotopic (exact) mass is 329 g/mol. The Balaban J connectivity index is 1.57. The summed E-state index contributed by atoms with van der Waals surface area (Å²) in [4.78, 5) is 27.5. The van der Waals surface area contributed by atoms with Crippen LogP contribution in [0.15, 0.2) is 0 Å². The number of aryl methyl sites for hydroxylation is 2. The third-order valence-electron chi connectivity index (χ3n) is 6.87. The van der Waals surface area contributed by atoms with E-state index in [-0.39, 0.29) is 11.9 Å². The van der Waals surface area contributed by atoms with Crippen molar-refractivity contribution in [2.45, 2.75) is 52.0 Å². The summed E-state index contributed by atoms with van der Waals surface area (Å²) in [6.45, 7) is 3.65. The van der Waals surface area contributed by atoms with Gasteiger partial charge in [-0.3, -0.25) is 14.3 Å². The topological polar surface area (TPSA) is 55.2 Å². The summed E-state index contributed by atoms with van der Waals surface area (Å²) in [7, 11) is 3.65. The molecule has 0 atom stereocenters. The van der Waals surface area contributed by atoms with E-state index in [1.807, 2.05) is 21.0 Å². The molecule has 130 valence electrons. The van der Waals surface area contributed by atoms with Gasteiger partial charge < -0.3 is 4.90 Å². The van der Waals surface area contributed by atoms with Crippen LogP contribution in [0, 0.1) is 37.5 Å². The molecule has 1 amide bonds. The van der Waals surface area contributed by atoms with Crippen molar-refractivity contribution in [1.82, 2.24) is 14.7 Å². The van der Waals surface area contributed by atoms with Gasteiger partial charge in [-0.1, -0.05) is 0 Å². The lowest BCUT2D eigenvalue weighted by atomic mass is 9.54. The van der Waals surface area contributed by atoms with E-state index in [0.29, 0.717) is 23.1 Å². The molecule has 4 fully saturated rings. The summed E-state index contributed by atoms with van der Waals surface area (Å²) in [5, 5.41) is 4.28. The van der Waals surface area contributed by atoms with Gasteiger partial charge in [0.1, 0.15) is 0 Å². The molecule has 5 heteroatoms. The quantitative estimate of drug-likeness (QED) is 0.632. The molecule has 1 aromatic heterocycles. The predicted molar refractivity (Wildman–Crippen MR) is 90.6 cm³/mol. The Labute approximate surface area is 143 Å². The Morgan fingerprint density at radius 1 is 1.04 bits per heavy atom. The van der Waals surface area contributed by atoms with E-state index in [1.165, 1.54) is 32.1 Å². The maximum absolute atomic E-state index is 12.9. The number of hydrogen-bond acceptors (Lipinski definition) is 3. The molecule has 0 saturated heterocycles. The van der Waals surface area contributed by atoms with Crippen molar-refractivity contribution in [1.29, 1.82) is 0 Å². The van der Waals surface area contributed by atoms with Gasteiger partial charge in [0, 0.05) is 25.8 Å². The van der Waals surface area contributed by atoms with E-state index < -0.39 is 5.78 Å². The Hall–Kier alpha value is -1.65. The molecule has 0 aromatic carbocycles. The van der Waals surface area contributed by atoms with Crippen LogP contribution < -0.4 is 0 Å². The lowest BCUT2D eigenvalue weighted by Crippen LogP contribution is -2.57. The van der Waals surface area contributed by atoms with Gasteiger partial charge in [0.2, 0.25) is 0 Å². The Bertz CT molecular complexity index is 678. The zero-order valence-electron chi connectivity index (χ0n) is 15.1. The van der Waals surface area contributed by atoms with Gasteiger partial charge in [-0.05, 0) is 69.6 Å². The number of aromatic nitrogens is 2. The van der Waals surface area contributed by atoms with Gasteiger partial charge in [0.15, 0.2) is 0 Å². The highest BCUT2D eigenvalue weighted by molar-refractivity contribution is 6.43. The molecule has 5 nitrogen and oxygen atoms in total. The molecule has 0 unspecified atom stereocenters. The van der Waals surface area contributed by atoms with Crippen LogP contribution >= 0.6 is 0 Å². The number of hydrogen-bond donors (Lipinski definition) is 0. The zero-order valence-corrected chi connectivity index (χ0v) is 15.1.